The summed E-state index contributed by atoms with van der Waals surface area (Å²) in [6, 6.07) is 15.0. The molecule has 1 aromatic heterocycles. The quantitative estimate of drug-likeness (QED) is 0.656. The molecule has 0 N–H and O–H groups in total. The summed E-state index contributed by atoms with van der Waals surface area (Å²) in [6.45, 7) is 2.19. The van der Waals surface area contributed by atoms with Crippen LogP contribution in [0.5, 0.6) is 0 Å². The van der Waals surface area contributed by atoms with Crippen LogP contribution in [0, 0.1) is 6.92 Å². The molecule has 3 aromatic rings. The zero-order valence-corrected chi connectivity index (χ0v) is 16.4. The number of ether oxygens (including phenoxy) is 1. The molecule has 0 bridgehead atoms. The van der Waals surface area contributed by atoms with Gasteiger partial charge in [-0.05, 0) is 30.2 Å². The van der Waals surface area contributed by atoms with Crippen LogP contribution < -0.4 is 0 Å². The van der Waals surface area contributed by atoms with Crippen molar-refractivity contribution in [2.75, 3.05) is 13.7 Å². The number of carbonyl (C=O) groups excluding carboxylic acids is 1. The Morgan fingerprint density at radius 3 is 2.68 bits per heavy atom. The third-order valence-electron chi connectivity index (χ3n) is 4.99. The average Bonchev–Trinajstić information content (AvgIpc) is 3.34. The molecule has 1 saturated heterocycles. The van der Waals surface area contributed by atoms with Crippen LogP contribution in [0.2, 0.25) is 5.02 Å². The predicted molar refractivity (Wildman–Crippen MR) is 105 cm³/mol. The Morgan fingerprint density at radius 2 is 2.00 bits per heavy atom. The molecule has 1 fully saturated rings. The van der Waals surface area contributed by atoms with E-state index in [0.29, 0.717) is 35.3 Å². The number of amides is 1. The van der Waals surface area contributed by atoms with E-state index >= 15 is 0 Å². The van der Waals surface area contributed by atoms with E-state index in [0.717, 1.165) is 11.1 Å². The van der Waals surface area contributed by atoms with Crippen molar-refractivity contribution in [2.24, 2.45) is 0 Å². The van der Waals surface area contributed by atoms with E-state index in [1.54, 1.807) is 25.0 Å². The number of likely N-dealkylation sites (tertiary alicyclic amines) is 1. The molecular weight excluding hydrogens is 378 g/mol. The Balaban J connectivity index is 1.69. The first-order valence-electron chi connectivity index (χ1n) is 9.05. The van der Waals surface area contributed by atoms with Crippen molar-refractivity contribution in [3.63, 3.8) is 0 Å². The molecule has 28 heavy (non-hydrogen) atoms. The minimum Gasteiger partial charge on any atom is -0.380 e. The summed E-state index contributed by atoms with van der Waals surface area (Å²) in [4.78, 5) is 19.4. The van der Waals surface area contributed by atoms with E-state index in [1.165, 1.54) is 0 Å². The highest BCUT2D eigenvalue weighted by Crippen LogP contribution is 2.35. The fraction of sp³-hybridized carbons (Fsp3) is 0.286. The SMILES string of the molecule is CO[C@H]1C[C@H](c2nc(C)no2)N(C(=O)c2cc(-c3ccccc3)ccc2Cl)C1. The summed E-state index contributed by atoms with van der Waals surface area (Å²) in [5, 5.41) is 4.27. The van der Waals surface area contributed by atoms with Crippen LogP contribution in [-0.4, -0.2) is 40.7 Å². The monoisotopic (exact) mass is 397 g/mol. The number of aryl methyl sites for hydroxylation is 1. The van der Waals surface area contributed by atoms with Crippen molar-refractivity contribution in [1.29, 1.82) is 0 Å². The van der Waals surface area contributed by atoms with Gasteiger partial charge in [0, 0.05) is 20.1 Å². The molecule has 2 atom stereocenters. The number of methoxy groups -OCH3 is 1. The number of hydrogen-bond donors (Lipinski definition) is 0. The van der Waals surface area contributed by atoms with Crippen LogP contribution in [0.1, 0.15) is 34.5 Å². The van der Waals surface area contributed by atoms with E-state index in [9.17, 15) is 4.79 Å². The van der Waals surface area contributed by atoms with Gasteiger partial charge in [-0.15, -0.1) is 0 Å². The van der Waals surface area contributed by atoms with Crippen molar-refractivity contribution >= 4 is 17.5 Å². The molecule has 4 rings (SSSR count). The molecule has 1 amide bonds. The Bertz CT molecular complexity index is 990. The molecule has 0 aliphatic carbocycles. The third-order valence-corrected chi connectivity index (χ3v) is 5.32. The van der Waals surface area contributed by atoms with Gasteiger partial charge in [0.2, 0.25) is 5.89 Å². The molecule has 0 radical (unpaired) electrons. The van der Waals surface area contributed by atoms with Crippen LogP contribution in [0.15, 0.2) is 53.1 Å². The number of benzene rings is 2. The summed E-state index contributed by atoms with van der Waals surface area (Å²) in [5.74, 6) is 0.774. The van der Waals surface area contributed by atoms with Gasteiger partial charge in [0.05, 0.1) is 16.7 Å². The maximum atomic E-state index is 13.4. The average molecular weight is 398 g/mol. The lowest BCUT2D eigenvalue weighted by Crippen LogP contribution is -2.32. The first-order chi connectivity index (χ1) is 13.6. The van der Waals surface area contributed by atoms with Crippen molar-refractivity contribution in [3.8, 4) is 11.1 Å². The van der Waals surface area contributed by atoms with Gasteiger partial charge >= 0.3 is 0 Å². The maximum Gasteiger partial charge on any atom is 0.256 e. The van der Waals surface area contributed by atoms with Gasteiger partial charge in [0.1, 0.15) is 6.04 Å². The molecule has 1 aliphatic rings. The largest absolute Gasteiger partial charge is 0.380 e. The van der Waals surface area contributed by atoms with Crippen molar-refractivity contribution in [3.05, 3.63) is 70.8 Å². The first-order valence-corrected chi connectivity index (χ1v) is 9.43. The second-order valence-corrected chi connectivity index (χ2v) is 7.21. The molecule has 2 aromatic carbocycles. The van der Waals surface area contributed by atoms with Gasteiger partial charge < -0.3 is 14.2 Å². The highest BCUT2D eigenvalue weighted by molar-refractivity contribution is 6.34. The number of hydrogen-bond acceptors (Lipinski definition) is 5. The van der Waals surface area contributed by atoms with Crippen LogP contribution in [-0.2, 0) is 4.74 Å². The molecular formula is C21H20ClN3O3. The van der Waals surface area contributed by atoms with Gasteiger partial charge in [-0.25, -0.2) is 0 Å². The standard InChI is InChI=1S/C21H20ClN3O3/c1-13-23-20(28-24-13)19-11-16(27-2)12-25(19)21(26)17-10-15(8-9-18(17)22)14-6-4-3-5-7-14/h3-10,16,19H,11-12H2,1-2H3/t16-,19+/m0/s1. The van der Waals surface area contributed by atoms with E-state index in [4.69, 9.17) is 20.9 Å². The topological polar surface area (TPSA) is 68.5 Å². The van der Waals surface area contributed by atoms with E-state index in [1.807, 2.05) is 42.5 Å². The zero-order valence-electron chi connectivity index (χ0n) is 15.6. The number of aromatic nitrogens is 2. The minimum atomic E-state index is -0.338. The van der Waals surface area contributed by atoms with Gasteiger partial charge in [-0.3, -0.25) is 4.79 Å². The Kier molecular flexibility index (Phi) is 5.15. The molecule has 0 unspecified atom stereocenters. The normalized spacial score (nSPS) is 19.2. The van der Waals surface area contributed by atoms with Crippen molar-refractivity contribution < 1.29 is 14.1 Å². The fourth-order valence-corrected chi connectivity index (χ4v) is 3.73. The first kappa shape index (κ1) is 18.7. The van der Waals surface area contributed by atoms with Gasteiger partial charge in [-0.1, -0.05) is 53.2 Å². The summed E-state index contributed by atoms with van der Waals surface area (Å²) >= 11 is 6.39. The van der Waals surface area contributed by atoms with Gasteiger partial charge in [-0.2, -0.15) is 4.98 Å². The molecule has 1 aliphatic heterocycles. The number of halogens is 1. The second kappa shape index (κ2) is 7.73. The highest BCUT2D eigenvalue weighted by atomic mass is 35.5. The van der Waals surface area contributed by atoms with Crippen LogP contribution in [0.4, 0.5) is 0 Å². The summed E-state index contributed by atoms with van der Waals surface area (Å²) in [6.07, 6.45) is 0.497. The highest BCUT2D eigenvalue weighted by Gasteiger charge is 2.40. The summed E-state index contributed by atoms with van der Waals surface area (Å²) in [7, 11) is 1.64. The van der Waals surface area contributed by atoms with E-state index < -0.39 is 0 Å². The van der Waals surface area contributed by atoms with Gasteiger partial charge in [0.25, 0.3) is 5.91 Å². The number of rotatable bonds is 4. The molecule has 0 saturated carbocycles. The van der Waals surface area contributed by atoms with Crippen LogP contribution in [0.3, 0.4) is 0 Å². The smallest absolute Gasteiger partial charge is 0.256 e. The molecule has 6 nitrogen and oxygen atoms in total. The van der Waals surface area contributed by atoms with Crippen LogP contribution >= 0.6 is 11.6 Å². The minimum absolute atomic E-state index is 0.0998. The van der Waals surface area contributed by atoms with E-state index in [-0.39, 0.29) is 18.1 Å². The maximum absolute atomic E-state index is 13.4. The predicted octanol–water partition coefficient (Wildman–Crippen LogP) is 4.30. The Morgan fingerprint density at radius 1 is 1.21 bits per heavy atom. The third kappa shape index (κ3) is 3.53. The van der Waals surface area contributed by atoms with Gasteiger partial charge in [0.15, 0.2) is 5.82 Å². The summed E-state index contributed by atoms with van der Waals surface area (Å²) in [5.41, 5.74) is 2.40. The summed E-state index contributed by atoms with van der Waals surface area (Å²) < 4.78 is 10.8. The fourth-order valence-electron chi connectivity index (χ4n) is 3.53. The molecule has 144 valence electrons. The van der Waals surface area contributed by atoms with Crippen LogP contribution in [0.25, 0.3) is 11.1 Å². The molecule has 7 heteroatoms. The number of carbonyl (C=O) groups is 1. The lowest BCUT2D eigenvalue weighted by atomic mass is 10.0. The Labute approximate surface area is 168 Å². The number of nitrogens with zero attached hydrogens (tertiary/aromatic N) is 3. The Hall–Kier alpha value is -2.70. The molecule has 2 heterocycles. The second-order valence-electron chi connectivity index (χ2n) is 6.81. The van der Waals surface area contributed by atoms with Crippen molar-refractivity contribution in [1.82, 2.24) is 15.0 Å². The lowest BCUT2D eigenvalue weighted by molar-refractivity contribution is 0.0671. The lowest BCUT2D eigenvalue weighted by Gasteiger charge is -2.22. The zero-order chi connectivity index (χ0) is 19.7. The molecule has 0 spiro atoms. The van der Waals surface area contributed by atoms with E-state index in [2.05, 4.69) is 10.1 Å². The van der Waals surface area contributed by atoms with Crippen molar-refractivity contribution in [2.45, 2.75) is 25.5 Å².